The van der Waals surface area contributed by atoms with Crippen LogP contribution in [0.3, 0.4) is 0 Å². The molecule has 0 unspecified atom stereocenters. The smallest absolute Gasteiger partial charge is 0.299 e. The van der Waals surface area contributed by atoms with Crippen molar-refractivity contribution in [1.29, 1.82) is 0 Å². The predicted molar refractivity (Wildman–Crippen MR) is 89.2 cm³/mol. The molecule has 0 spiro atoms. The van der Waals surface area contributed by atoms with Crippen LogP contribution >= 0.6 is 0 Å². The Morgan fingerprint density at radius 3 is 2.91 bits per heavy atom. The van der Waals surface area contributed by atoms with Gasteiger partial charge in [-0.1, -0.05) is 24.3 Å². The monoisotopic (exact) mass is 292 g/mol. The van der Waals surface area contributed by atoms with Crippen LogP contribution in [0.2, 0.25) is 0 Å². The first-order chi connectivity index (χ1) is 10.7. The molecule has 3 rings (SSSR count). The van der Waals surface area contributed by atoms with Crippen molar-refractivity contribution in [1.82, 2.24) is 5.32 Å². The Kier molecular flexibility index (Phi) is 4.23. The normalized spacial score (nSPS) is 13.3. The fourth-order valence-electron chi connectivity index (χ4n) is 2.47. The topological polar surface area (TPSA) is 54.6 Å². The molecule has 1 amide bonds. The van der Waals surface area contributed by atoms with Gasteiger partial charge in [-0.2, -0.15) is 0 Å². The summed E-state index contributed by atoms with van der Waals surface area (Å²) in [6.45, 7) is 2.68. The molecule has 0 saturated heterocycles. The standard InChI is InChI=1S/C17H17BN2O2/c1-12-5-2-3-6-13(12)8-9-19-17(21)15-11-14(18-20-15)16-7-4-10-22-16/h2-7,10-11,18H,8-9H2,1H3,(H,19,21). The second kappa shape index (κ2) is 6.47. The average Bonchev–Trinajstić information content (AvgIpc) is 3.20. The summed E-state index contributed by atoms with van der Waals surface area (Å²) in [5, 5.41) is 2.92. The van der Waals surface area contributed by atoms with Gasteiger partial charge < -0.3 is 14.6 Å². The second-order valence-electron chi connectivity index (χ2n) is 5.28. The lowest BCUT2D eigenvalue weighted by Gasteiger charge is -2.07. The number of benzene rings is 1. The highest BCUT2D eigenvalue weighted by Crippen LogP contribution is 2.17. The molecule has 2 heterocycles. The van der Waals surface area contributed by atoms with Crippen molar-refractivity contribution in [3.05, 3.63) is 65.6 Å². The van der Waals surface area contributed by atoms with E-state index in [1.807, 2.05) is 24.3 Å². The molecule has 1 N–H and O–H groups in total. The first kappa shape index (κ1) is 14.4. The summed E-state index contributed by atoms with van der Waals surface area (Å²) in [7, 11) is 0.494. The van der Waals surface area contributed by atoms with E-state index in [2.05, 4.69) is 29.3 Å². The fourth-order valence-corrected chi connectivity index (χ4v) is 2.47. The molecule has 22 heavy (non-hydrogen) atoms. The van der Waals surface area contributed by atoms with Gasteiger partial charge in [-0.25, -0.2) is 0 Å². The van der Waals surface area contributed by atoms with E-state index in [-0.39, 0.29) is 5.91 Å². The molecular weight excluding hydrogens is 275 g/mol. The molecule has 1 aliphatic rings. The van der Waals surface area contributed by atoms with E-state index in [9.17, 15) is 4.79 Å². The van der Waals surface area contributed by atoms with Crippen molar-refractivity contribution in [2.24, 2.45) is 4.90 Å². The highest BCUT2D eigenvalue weighted by Gasteiger charge is 2.18. The number of rotatable bonds is 5. The van der Waals surface area contributed by atoms with Gasteiger partial charge in [-0.05, 0) is 48.2 Å². The molecule has 0 fully saturated rings. The van der Waals surface area contributed by atoms with E-state index in [4.69, 9.17) is 4.42 Å². The lowest BCUT2D eigenvalue weighted by atomic mass is 9.83. The summed E-state index contributed by atoms with van der Waals surface area (Å²) in [5.74, 6) is 0.640. The van der Waals surface area contributed by atoms with Crippen LogP contribution in [0.25, 0.3) is 5.47 Å². The maximum absolute atomic E-state index is 12.1. The lowest BCUT2D eigenvalue weighted by Crippen LogP contribution is -2.31. The first-order valence-corrected chi connectivity index (χ1v) is 7.35. The van der Waals surface area contributed by atoms with E-state index < -0.39 is 0 Å². The number of furan rings is 1. The number of nitrogens with zero attached hydrogens (tertiary/aromatic N) is 1. The van der Waals surface area contributed by atoms with Crippen LogP contribution in [0, 0.1) is 6.92 Å². The molecule has 0 atom stereocenters. The van der Waals surface area contributed by atoms with Crippen LogP contribution in [0.5, 0.6) is 0 Å². The third kappa shape index (κ3) is 3.19. The minimum absolute atomic E-state index is 0.129. The molecule has 0 bridgehead atoms. The van der Waals surface area contributed by atoms with Gasteiger partial charge in [0.1, 0.15) is 11.5 Å². The Balaban J connectivity index is 1.54. The molecule has 0 aliphatic carbocycles. The maximum atomic E-state index is 12.1. The number of nitrogens with one attached hydrogen (secondary N) is 1. The molecule has 0 radical (unpaired) electrons. The van der Waals surface area contributed by atoms with Crippen LogP contribution < -0.4 is 5.32 Å². The SMILES string of the molecule is Cc1ccccc1CCNC(=O)C1=NBC(c2ccco2)=C1. The summed E-state index contributed by atoms with van der Waals surface area (Å²) in [6.07, 6.45) is 4.23. The van der Waals surface area contributed by atoms with E-state index >= 15 is 0 Å². The van der Waals surface area contributed by atoms with Gasteiger partial charge in [-0.15, -0.1) is 0 Å². The van der Waals surface area contributed by atoms with Gasteiger partial charge in [0.2, 0.25) is 0 Å². The third-order valence-electron chi connectivity index (χ3n) is 3.74. The highest BCUT2D eigenvalue weighted by atomic mass is 16.3. The fraction of sp³-hybridized carbons (Fsp3) is 0.176. The van der Waals surface area contributed by atoms with Gasteiger partial charge in [0.15, 0.2) is 0 Å². The zero-order chi connectivity index (χ0) is 15.4. The van der Waals surface area contributed by atoms with Crippen LogP contribution in [0.4, 0.5) is 0 Å². The Labute approximate surface area is 130 Å². The van der Waals surface area contributed by atoms with Gasteiger partial charge in [0, 0.05) is 6.54 Å². The van der Waals surface area contributed by atoms with E-state index in [1.165, 1.54) is 11.1 Å². The largest absolute Gasteiger partial charge is 0.466 e. The quantitative estimate of drug-likeness (QED) is 0.858. The molecule has 1 aromatic carbocycles. The Morgan fingerprint density at radius 1 is 1.27 bits per heavy atom. The number of carbonyl (C=O) groups excluding carboxylic acids is 1. The summed E-state index contributed by atoms with van der Waals surface area (Å²) < 4.78 is 5.32. The van der Waals surface area contributed by atoms with E-state index in [0.717, 1.165) is 17.7 Å². The molecule has 2 aromatic rings. The van der Waals surface area contributed by atoms with Gasteiger partial charge in [-0.3, -0.25) is 4.79 Å². The number of amides is 1. The lowest BCUT2D eigenvalue weighted by molar-refractivity contribution is -0.114. The van der Waals surface area contributed by atoms with E-state index in [0.29, 0.717) is 19.7 Å². The summed E-state index contributed by atoms with van der Waals surface area (Å²) in [4.78, 5) is 16.4. The second-order valence-corrected chi connectivity index (χ2v) is 5.28. The molecular formula is C17H17BN2O2. The zero-order valence-corrected chi connectivity index (χ0v) is 12.5. The molecule has 0 saturated carbocycles. The van der Waals surface area contributed by atoms with Crippen molar-refractivity contribution in [2.75, 3.05) is 6.54 Å². The van der Waals surface area contributed by atoms with E-state index in [1.54, 1.807) is 12.3 Å². The van der Waals surface area contributed by atoms with Crippen molar-refractivity contribution in [3.8, 4) is 0 Å². The maximum Gasteiger partial charge on any atom is 0.299 e. The van der Waals surface area contributed by atoms with Gasteiger partial charge in [0.05, 0.1) is 6.26 Å². The zero-order valence-electron chi connectivity index (χ0n) is 12.5. The Hall–Kier alpha value is -2.56. The summed E-state index contributed by atoms with van der Waals surface area (Å²) in [6, 6.07) is 11.9. The molecule has 4 nitrogen and oxygen atoms in total. The molecule has 5 heteroatoms. The van der Waals surface area contributed by atoms with Crippen molar-refractivity contribution < 1.29 is 9.21 Å². The number of aryl methyl sites for hydroxylation is 1. The predicted octanol–water partition coefficient (Wildman–Crippen LogP) is 2.09. The minimum Gasteiger partial charge on any atom is -0.466 e. The molecule has 1 aromatic heterocycles. The van der Waals surface area contributed by atoms with Gasteiger partial charge >= 0.3 is 0 Å². The minimum atomic E-state index is -0.129. The Bertz CT molecular complexity index is 733. The van der Waals surface area contributed by atoms with Crippen LogP contribution in [0.15, 0.2) is 58.1 Å². The third-order valence-corrected chi connectivity index (χ3v) is 3.74. The Morgan fingerprint density at radius 2 is 2.14 bits per heavy atom. The number of hydrogen-bond donors (Lipinski definition) is 1. The van der Waals surface area contributed by atoms with Crippen LogP contribution in [0.1, 0.15) is 16.9 Å². The first-order valence-electron chi connectivity index (χ1n) is 7.35. The van der Waals surface area contributed by atoms with Crippen molar-refractivity contribution >= 4 is 24.5 Å². The van der Waals surface area contributed by atoms with Crippen molar-refractivity contribution in [2.45, 2.75) is 13.3 Å². The van der Waals surface area contributed by atoms with Crippen LogP contribution in [-0.2, 0) is 11.2 Å². The summed E-state index contributed by atoms with van der Waals surface area (Å²) in [5.41, 5.74) is 3.91. The summed E-state index contributed by atoms with van der Waals surface area (Å²) >= 11 is 0. The molecule has 110 valence electrons. The highest BCUT2D eigenvalue weighted by molar-refractivity contribution is 6.69. The number of hydrogen-bond acceptors (Lipinski definition) is 3. The average molecular weight is 292 g/mol. The van der Waals surface area contributed by atoms with Crippen molar-refractivity contribution in [3.63, 3.8) is 0 Å². The molecule has 1 aliphatic heterocycles. The van der Waals surface area contributed by atoms with Crippen LogP contribution in [-0.4, -0.2) is 25.6 Å². The van der Waals surface area contributed by atoms with Gasteiger partial charge in [0.25, 0.3) is 13.3 Å². The number of carbonyl (C=O) groups is 1.